The summed E-state index contributed by atoms with van der Waals surface area (Å²) in [6.45, 7) is 0. The van der Waals surface area contributed by atoms with Crippen LogP contribution in [-0.4, -0.2) is 0 Å². The minimum absolute atomic E-state index is 0.371. The molecule has 1 aliphatic rings. The minimum Gasteiger partial charge on any atom is -0.469 e. The van der Waals surface area contributed by atoms with Gasteiger partial charge in [0.25, 0.3) is 0 Å². The molecule has 0 aliphatic heterocycles. The van der Waals surface area contributed by atoms with Crippen LogP contribution in [0.15, 0.2) is 45.5 Å². The Kier molecular flexibility index (Phi) is 2.93. The quantitative estimate of drug-likeness (QED) is 0.879. The van der Waals surface area contributed by atoms with Crippen molar-refractivity contribution in [2.75, 3.05) is 5.32 Å². The van der Waals surface area contributed by atoms with Gasteiger partial charge < -0.3 is 9.73 Å². The average molecular weight is 292 g/mol. The predicted molar refractivity (Wildman–Crippen MR) is 72.2 cm³/mol. The third kappa shape index (κ3) is 2.12. The number of hydrogen-bond donors (Lipinski definition) is 1. The molecule has 0 bridgehead atoms. The molecule has 1 atom stereocenters. The summed E-state index contributed by atoms with van der Waals surface area (Å²) in [6.07, 6.45) is 5.21. The van der Waals surface area contributed by atoms with E-state index in [2.05, 4.69) is 39.4 Å². The number of fused-ring (bicyclic) bond motifs is 1. The van der Waals surface area contributed by atoms with Gasteiger partial charge in [0.2, 0.25) is 0 Å². The molecule has 0 saturated carbocycles. The number of rotatable bonds is 2. The number of halogens is 1. The van der Waals surface area contributed by atoms with Crippen molar-refractivity contribution in [1.29, 1.82) is 0 Å². The Morgan fingerprint density at radius 3 is 3.00 bits per heavy atom. The summed E-state index contributed by atoms with van der Waals surface area (Å²) in [6, 6.07) is 10.7. The number of hydrogen-bond acceptors (Lipinski definition) is 2. The van der Waals surface area contributed by atoms with Gasteiger partial charge in [0, 0.05) is 22.1 Å². The van der Waals surface area contributed by atoms with E-state index in [-0.39, 0.29) is 0 Å². The van der Waals surface area contributed by atoms with Crippen molar-refractivity contribution in [2.24, 2.45) is 0 Å². The minimum atomic E-state index is 0.371. The first kappa shape index (κ1) is 10.9. The lowest BCUT2D eigenvalue weighted by Crippen LogP contribution is -2.16. The highest BCUT2D eigenvalue weighted by Crippen LogP contribution is 2.34. The van der Waals surface area contributed by atoms with E-state index in [9.17, 15) is 0 Å². The van der Waals surface area contributed by atoms with E-state index >= 15 is 0 Å². The summed E-state index contributed by atoms with van der Waals surface area (Å²) in [5, 5.41) is 3.58. The number of aryl methyl sites for hydroxylation is 1. The molecular weight excluding hydrogens is 278 g/mol. The molecule has 1 N–H and O–H groups in total. The van der Waals surface area contributed by atoms with E-state index in [1.54, 1.807) is 6.26 Å². The van der Waals surface area contributed by atoms with Gasteiger partial charge in [-0.1, -0.05) is 12.1 Å². The molecule has 2 aromatic rings. The Bertz CT molecular complexity index is 520. The molecule has 0 saturated heterocycles. The van der Waals surface area contributed by atoms with Gasteiger partial charge in [-0.2, -0.15) is 0 Å². The van der Waals surface area contributed by atoms with Crippen molar-refractivity contribution in [2.45, 2.75) is 25.3 Å². The molecule has 0 amide bonds. The fourth-order valence-electron chi connectivity index (χ4n) is 2.40. The smallest absolute Gasteiger partial charge is 0.109 e. The first-order chi connectivity index (χ1) is 8.34. The highest BCUT2D eigenvalue weighted by atomic mass is 79.9. The van der Waals surface area contributed by atoms with Crippen LogP contribution in [0.2, 0.25) is 0 Å². The second-order valence-electron chi connectivity index (χ2n) is 4.37. The van der Waals surface area contributed by atoms with Gasteiger partial charge in [0.15, 0.2) is 0 Å². The van der Waals surface area contributed by atoms with Gasteiger partial charge in [0.1, 0.15) is 5.76 Å². The molecule has 0 spiro atoms. The maximum Gasteiger partial charge on any atom is 0.109 e. The molecule has 1 unspecified atom stereocenters. The molecule has 0 fully saturated rings. The van der Waals surface area contributed by atoms with Crippen molar-refractivity contribution in [1.82, 2.24) is 0 Å². The molecule has 17 heavy (non-hydrogen) atoms. The SMILES string of the molecule is Brc1ccccc1NC1CCCc2occc21. The van der Waals surface area contributed by atoms with Crippen LogP contribution < -0.4 is 5.32 Å². The van der Waals surface area contributed by atoms with Crippen LogP contribution in [-0.2, 0) is 6.42 Å². The first-order valence-corrected chi connectivity index (χ1v) is 6.71. The Hall–Kier alpha value is -1.22. The number of furan rings is 1. The summed E-state index contributed by atoms with van der Waals surface area (Å²) < 4.78 is 6.61. The van der Waals surface area contributed by atoms with Crippen molar-refractivity contribution in [3.8, 4) is 0 Å². The molecule has 88 valence electrons. The number of para-hydroxylation sites is 1. The summed E-state index contributed by atoms with van der Waals surface area (Å²) in [4.78, 5) is 0. The second kappa shape index (κ2) is 4.57. The zero-order chi connectivity index (χ0) is 11.7. The fraction of sp³-hybridized carbons (Fsp3) is 0.286. The van der Waals surface area contributed by atoms with Crippen molar-refractivity contribution in [3.05, 3.63) is 52.4 Å². The molecular formula is C14H14BrNO. The Morgan fingerprint density at radius 2 is 2.12 bits per heavy atom. The largest absolute Gasteiger partial charge is 0.469 e. The van der Waals surface area contributed by atoms with Crippen LogP contribution in [0, 0.1) is 0 Å². The lowest BCUT2D eigenvalue weighted by Gasteiger charge is -2.24. The normalized spacial score (nSPS) is 18.8. The number of benzene rings is 1. The zero-order valence-electron chi connectivity index (χ0n) is 9.45. The maximum atomic E-state index is 5.50. The highest BCUT2D eigenvalue weighted by molar-refractivity contribution is 9.10. The van der Waals surface area contributed by atoms with Crippen molar-refractivity contribution >= 4 is 21.6 Å². The van der Waals surface area contributed by atoms with Crippen LogP contribution in [0.1, 0.15) is 30.2 Å². The Morgan fingerprint density at radius 1 is 1.24 bits per heavy atom. The average Bonchev–Trinajstić information content (AvgIpc) is 2.81. The van der Waals surface area contributed by atoms with E-state index in [1.165, 1.54) is 12.0 Å². The van der Waals surface area contributed by atoms with E-state index in [1.807, 2.05) is 12.1 Å². The Balaban J connectivity index is 1.86. The zero-order valence-corrected chi connectivity index (χ0v) is 11.0. The van der Waals surface area contributed by atoms with E-state index in [4.69, 9.17) is 4.42 Å². The number of nitrogens with one attached hydrogen (secondary N) is 1. The lowest BCUT2D eigenvalue weighted by molar-refractivity contribution is 0.461. The fourth-order valence-corrected chi connectivity index (χ4v) is 2.80. The van der Waals surface area contributed by atoms with Gasteiger partial charge in [-0.15, -0.1) is 0 Å². The van der Waals surface area contributed by atoms with Crippen molar-refractivity contribution < 1.29 is 4.42 Å². The third-order valence-electron chi connectivity index (χ3n) is 3.26. The summed E-state index contributed by atoms with van der Waals surface area (Å²) in [7, 11) is 0. The van der Waals surface area contributed by atoms with Gasteiger partial charge >= 0.3 is 0 Å². The van der Waals surface area contributed by atoms with E-state index in [0.717, 1.165) is 28.8 Å². The van der Waals surface area contributed by atoms with Gasteiger partial charge in [-0.25, -0.2) is 0 Å². The lowest BCUT2D eigenvalue weighted by atomic mass is 9.93. The number of anilines is 1. The Labute approximate surface area is 109 Å². The molecule has 1 aromatic carbocycles. The molecule has 1 aliphatic carbocycles. The molecule has 0 radical (unpaired) electrons. The predicted octanol–water partition coefficient (Wildman–Crippen LogP) is 4.53. The third-order valence-corrected chi connectivity index (χ3v) is 3.95. The molecule has 3 rings (SSSR count). The maximum absolute atomic E-state index is 5.50. The van der Waals surface area contributed by atoms with Gasteiger partial charge in [0.05, 0.1) is 12.3 Å². The topological polar surface area (TPSA) is 25.2 Å². The van der Waals surface area contributed by atoms with E-state index in [0.29, 0.717) is 6.04 Å². The van der Waals surface area contributed by atoms with Gasteiger partial charge in [-0.05, 0) is 47.0 Å². The van der Waals surface area contributed by atoms with E-state index < -0.39 is 0 Å². The summed E-state index contributed by atoms with van der Waals surface area (Å²) in [5.41, 5.74) is 2.46. The molecule has 2 nitrogen and oxygen atoms in total. The molecule has 1 heterocycles. The van der Waals surface area contributed by atoms with Gasteiger partial charge in [-0.3, -0.25) is 0 Å². The van der Waals surface area contributed by atoms with Crippen LogP contribution in [0.3, 0.4) is 0 Å². The molecule has 1 aromatic heterocycles. The summed E-state index contributed by atoms with van der Waals surface area (Å²) in [5.74, 6) is 1.14. The van der Waals surface area contributed by atoms with Crippen LogP contribution in [0.25, 0.3) is 0 Å². The molecule has 3 heteroatoms. The highest BCUT2D eigenvalue weighted by Gasteiger charge is 2.22. The first-order valence-electron chi connectivity index (χ1n) is 5.92. The standard InChI is InChI=1S/C14H14BrNO/c15-11-4-1-2-5-13(11)16-12-6-3-7-14-10(12)8-9-17-14/h1-2,4-5,8-9,12,16H,3,6-7H2. The second-order valence-corrected chi connectivity index (χ2v) is 5.22. The van der Waals surface area contributed by atoms with Crippen LogP contribution in [0.4, 0.5) is 5.69 Å². The monoisotopic (exact) mass is 291 g/mol. The van der Waals surface area contributed by atoms with Crippen LogP contribution in [0.5, 0.6) is 0 Å². The van der Waals surface area contributed by atoms with Crippen LogP contribution >= 0.6 is 15.9 Å². The summed E-state index contributed by atoms with van der Waals surface area (Å²) >= 11 is 3.57. The van der Waals surface area contributed by atoms with Crippen molar-refractivity contribution in [3.63, 3.8) is 0 Å².